The molecular formula is C20H27IN4O. The van der Waals surface area contributed by atoms with E-state index in [0.717, 1.165) is 36.8 Å². The topological polar surface area (TPSA) is 58.5 Å². The summed E-state index contributed by atoms with van der Waals surface area (Å²) >= 11 is 0. The van der Waals surface area contributed by atoms with Crippen molar-refractivity contribution in [2.24, 2.45) is 4.99 Å². The highest BCUT2D eigenvalue weighted by Crippen LogP contribution is 2.24. The van der Waals surface area contributed by atoms with Crippen LogP contribution in [0, 0.1) is 0 Å². The van der Waals surface area contributed by atoms with E-state index in [9.17, 15) is 0 Å². The number of aromatic nitrogens is 1. The first-order valence-electron chi connectivity index (χ1n) is 8.94. The maximum absolute atomic E-state index is 6.09. The van der Waals surface area contributed by atoms with Crippen molar-refractivity contribution in [1.29, 1.82) is 0 Å². The second kappa shape index (κ2) is 11.0. The summed E-state index contributed by atoms with van der Waals surface area (Å²) in [5.74, 6) is 1.50. The van der Waals surface area contributed by atoms with Crippen LogP contribution in [0.15, 0.2) is 53.7 Å². The maximum Gasteiger partial charge on any atom is 0.218 e. The summed E-state index contributed by atoms with van der Waals surface area (Å²) in [4.78, 5) is 8.70. The third-order valence-corrected chi connectivity index (χ3v) is 4.40. The molecule has 2 N–H and O–H groups in total. The number of aliphatic imine (C=N–C) groups is 1. The Hall–Kier alpha value is -1.83. The number of halogens is 1. The zero-order valence-electron chi connectivity index (χ0n) is 15.1. The lowest BCUT2D eigenvalue weighted by Crippen LogP contribution is -2.36. The van der Waals surface area contributed by atoms with Gasteiger partial charge in [-0.2, -0.15) is 0 Å². The first-order chi connectivity index (χ1) is 12.3. The molecular weight excluding hydrogens is 439 g/mol. The van der Waals surface area contributed by atoms with Crippen LogP contribution in [-0.2, 0) is 13.1 Å². The van der Waals surface area contributed by atoms with E-state index < -0.39 is 0 Å². The van der Waals surface area contributed by atoms with Crippen LogP contribution in [0.25, 0.3) is 0 Å². The monoisotopic (exact) mass is 466 g/mol. The number of hydrogen-bond acceptors (Lipinski definition) is 3. The van der Waals surface area contributed by atoms with Crippen LogP contribution in [0.5, 0.6) is 5.88 Å². The number of benzene rings is 1. The largest absolute Gasteiger partial charge is 0.474 e. The lowest BCUT2D eigenvalue weighted by molar-refractivity contribution is 0.199. The van der Waals surface area contributed by atoms with Crippen LogP contribution < -0.4 is 15.4 Å². The molecule has 0 saturated heterocycles. The number of nitrogens with zero attached hydrogens (tertiary/aromatic N) is 2. The Kier molecular flexibility index (Phi) is 8.67. The highest BCUT2D eigenvalue weighted by molar-refractivity contribution is 14.0. The zero-order valence-corrected chi connectivity index (χ0v) is 17.5. The lowest BCUT2D eigenvalue weighted by Gasteiger charge is -2.16. The van der Waals surface area contributed by atoms with E-state index in [-0.39, 0.29) is 24.0 Å². The molecule has 140 valence electrons. The Bertz CT molecular complexity index is 687. The molecule has 6 heteroatoms. The van der Waals surface area contributed by atoms with Crippen LogP contribution in [0.2, 0.25) is 0 Å². The number of rotatable bonds is 6. The van der Waals surface area contributed by atoms with Crippen molar-refractivity contribution in [2.75, 3.05) is 7.05 Å². The normalized spacial score (nSPS) is 14.6. The molecule has 2 aromatic rings. The van der Waals surface area contributed by atoms with E-state index in [1.54, 1.807) is 13.2 Å². The fourth-order valence-electron chi connectivity index (χ4n) is 3.01. The molecule has 5 nitrogen and oxygen atoms in total. The summed E-state index contributed by atoms with van der Waals surface area (Å²) in [5.41, 5.74) is 2.27. The van der Waals surface area contributed by atoms with Crippen molar-refractivity contribution >= 4 is 29.9 Å². The average molecular weight is 466 g/mol. The molecule has 0 radical (unpaired) electrons. The average Bonchev–Trinajstić information content (AvgIpc) is 3.17. The minimum atomic E-state index is 0. The Balaban J connectivity index is 0.00000243. The van der Waals surface area contributed by atoms with E-state index in [1.165, 1.54) is 18.4 Å². The van der Waals surface area contributed by atoms with Gasteiger partial charge in [-0.05, 0) is 37.3 Å². The van der Waals surface area contributed by atoms with E-state index >= 15 is 0 Å². The fourth-order valence-corrected chi connectivity index (χ4v) is 3.01. The van der Waals surface area contributed by atoms with E-state index in [4.69, 9.17) is 4.74 Å². The van der Waals surface area contributed by atoms with Gasteiger partial charge in [-0.3, -0.25) is 4.99 Å². The van der Waals surface area contributed by atoms with Gasteiger partial charge in [0.15, 0.2) is 5.96 Å². The Labute approximate surface area is 172 Å². The molecule has 3 rings (SSSR count). The van der Waals surface area contributed by atoms with Gasteiger partial charge in [0.25, 0.3) is 0 Å². The zero-order chi connectivity index (χ0) is 17.3. The number of guanidine groups is 1. The third-order valence-electron chi connectivity index (χ3n) is 4.40. The van der Waals surface area contributed by atoms with Crippen molar-refractivity contribution in [1.82, 2.24) is 15.6 Å². The van der Waals surface area contributed by atoms with Crippen LogP contribution in [0.4, 0.5) is 0 Å². The maximum atomic E-state index is 6.09. The molecule has 0 amide bonds. The number of hydrogen-bond donors (Lipinski definition) is 2. The molecule has 0 bridgehead atoms. The molecule has 1 aromatic carbocycles. The van der Waals surface area contributed by atoms with Gasteiger partial charge in [0.2, 0.25) is 5.88 Å². The predicted molar refractivity (Wildman–Crippen MR) is 116 cm³/mol. The van der Waals surface area contributed by atoms with Crippen LogP contribution >= 0.6 is 24.0 Å². The van der Waals surface area contributed by atoms with Crippen molar-refractivity contribution in [3.8, 4) is 5.88 Å². The van der Waals surface area contributed by atoms with Gasteiger partial charge in [0, 0.05) is 31.9 Å². The first kappa shape index (κ1) is 20.5. The number of pyridine rings is 1. The van der Waals surface area contributed by atoms with Crippen LogP contribution in [-0.4, -0.2) is 24.1 Å². The number of ether oxygens (including phenoxy) is 1. The molecule has 0 atom stereocenters. The molecule has 1 aromatic heterocycles. The molecule has 26 heavy (non-hydrogen) atoms. The van der Waals surface area contributed by atoms with E-state index in [0.29, 0.717) is 12.6 Å². The molecule has 1 aliphatic carbocycles. The van der Waals surface area contributed by atoms with Gasteiger partial charge >= 0.3 is 0 Å². The van der Waals surface area contributed by atoms with Crippen LogP contribution in [0.3, 0.4) is 0 Å². The smallest absolute Gasteiger partial charge is 0.218 e. The third kappa shape index (κ3) is 6.16. The second-order valence-corrected chi connectivity index (χ2v) is 6.26. The number of nitrogens with one attached hydrogen (secondary N) is 2. The fraction of sp³-hybridized carbons (Fsp3) is 0.400. The Morgan fingerprint density at radius 1 is 1.08 bits per heavy atom. The summed E-state index contributed by atoms with van der Waals surface area (Å²) in [5, 5.41) is 6.67. The van der Waals surface area contributed by atoms with Gasteiger partial charge in [0.1, 0.15) is 6.10 Å². The summed E-state index contributed by atoms with van der Waals surface area (Å²) in [6.07, 6.45) is 6.86. The molecule has 0 unspecified atom stereocenters. The summed E-state index contributed by atoms with van der Waals surface area (Å²) in [6.45, 7) is 1.36. The van der Waals surface area contributed by atoms with E-state index in [2.05, 4.69) is 38.8 Å². The van der Waals surface area contributed by atoms with Crippen molar-refractivity contribution in [3.63, 3.8) is 0 Å². The lowest BCUT2D eigenvalue weighted by atomic mass is 10.2. The SMILES string of the molecule is CN=C(NCc1ccccc1)NCc1cccnc1OC1CCCC1.I. The van der Waals surface area contributed by atoms with Gasteiger partial charge in [-0.1, -0.05) is 36.4 Å². The van der Waals surface area contributed by atoms with Gasteiger partial charge in [-0.25, -0.2) is 4.98 Å². The van der Waals surface area contributed by atoms with Crippen molar-refractivity contribution < 1.29 is 4.74 Å². The molecule has 1 saturated carbocycles. The van der Waals surface area contributed by atoms with Crippen molar-refractivity contribution in [2.45, 2.75) is 44.9 Å². The highest BCUT2D eigenvalue weighted by Gasteiger charge is 2.18. The molecule has 1 heterocycles. The minimum Gasteiger partial charge on any atom is -0.474 e. The highest BCUT2D eigenvalue weighted by atomic mass is 127. The minimum absolute atomic E-state index is 0. The summed E-state index contributed by atoms with van der Waals surface area (Å²) in [6, 6.07) is 14.3. The Morgan fingerprint density at radius 3 is 2.54 bits per heavy atom. The van der Waals surface area contributed by atoms with Gasteiger partial charge < -0.3 is 15.4 Å². The van der Waals surface area contributed by atoms with Crippen LogP contribution in [0.1, 0.15) is 36.8 Å². The van der Waals surface area contributed by atoms with E-state index in [1.807, 2.05) is 24.3 Å². The first-order valence-corrected chi connectivity index (χ1v) is 8.94. The Morgan fingerprint density at radius 2 is 1.81 bits per heavy atom. The van der Waals surface area contributed by atoms with Crippen molar-refractivity contribution in [3.05, 3.63) is 59.8 Å². The van der Waals surface area contributed by atoms with Gasteiger partial charge in [0.05, 0.1) is 0 Å². The molecule has 1 aliphatic rings. The quantitative estimate of drug-likeness (QED) is 0.386. The molecule has 0 spiro atoms. The summed E-state index contributed by atoms with van der Waals surface area (Å²) in [7, 11) is 1.78. The second-order valence-electron chi connectivity index (χ2n) is 6.26. The van der Waals surface area contributed by atoms with Gasteiger partial charge in [-0.15, -0.1) is 24.0 Å². The molecule has 0 aliphatic heterocycles. The molecule has 1 fully saturated rings. The predicted octanol–water partition coefficient (Wildman–Crippen LogP) is 3.89. The standard InChI is InChI=1S/C20H26N4O.HI/c1-21-20(23-14-16-8-3-2-4-9-16)24-15-17-10-7-13-22-19(17)25-18-11-5-6-12-18;/h2-4,7-10,13,18H,5-6,11-12,14-15H2,1H3,(H2,21,23,24);1H. The summed E-state index contributed by atoms with van der Waals surface area (Å²) < 4.78 is 6.09.